The number of fused-ring (bicyclic) bond motifs is 2. The van der Waals surface area contributed by atoms with Crippen LogP contribution in [0.5, 0.6) is 23.0 Å². The molecule has 0 amide bonds. The topological polar surface area (TPSA) is 92.2 Å². The Morgan fingerprint density at radius 1 is 0.857 bits per heavy atom. The first kappa shape index (κ1) is 18.8. The first-order valence-electron chi connectivity index (χ1n) is 9.05. The second-order valence-electron chi connectivity index (χ2n) is 6.57. The summed E-state index contributed by atoms with van der Waals surface area (Å²) in [5, 5.41) is 13.2. The summed E-state index contributed by atoms with van der Waals surface area (Å²) in [4.78, 5) is 0. The Kier molecular flexibility index (Phi) is 5.54. The van der Waals surface area contributed by atoms with Gasteiger partial charge in [0.1, 0.15) is 18.7 Å². The molecule has 8 heteroatoms. The summed E-state index contributed by atoms with van der Waals surface area (Å²) in [7, 11) is 3.18. The second kappa shape index (κ2) is 8.24. The lowest BCUT2D eigenvalue weighted by Crippen LogP contribution is -2.88. The van der Waals surface area contributed by atoms with Gasteiger partial charge in [-0.2, -0.15) is 0 Å². The fourth-order valence-corrected chi connectivity index (χ4v) is 3.42. The summed E-state index contributed by atoms with van der Waals surface area (Å²) in [6.07, 6.45) is -1.19. The predicted octanol–water partition coefficient (Wildman–Crippen LogP) is 1.10. The Balaban J connectivity index is 1.61. The van der Waals surface area contributed by atoms with Gasteiger partial charge < -0.3 is 38.8 Å². The van der Waals surface area contributed by atoms with Crippen molar-refractivity contribution < 1.29 is 38.8 Å². The maximum Gasteiger partial charge on any atom is 0.231 e. The van der Waals surface area contributed by atoms with Gasteiger partial charge in [-0.15, -0.1) is 0 Å². The Morgan fingerprint density at radius 2 is 1.39 bits per heavy atom. The molecule has 0 spiro atoms. The highest BCUT2D eigenvalue weighted by Crippen LogP contribution is 2.39. The molecule has 0 unspecified atom stereocenters. The number of aliphatic hydroxyl groups excluding tert-OH is 1. The smallest absolute Gasteiger partial charge is 0.231 e. The lowest BCUT2D eigenvalue weighted by atomic mass is 9.95. The predicted molar refractivity (Wildman–Crippen MR) is 97.4 cm³/mol. The zero-order chi connectivity index (χ0) is 19.5. The van der Waals surface area contributed by atoms with Gasteiger partial charge in [-0.05, 0) is 35.9 Å². The first-order valence-corrected chi connectivity index (χ1v) is 9.05. The SMILES string of the molecule is COC(C[NH2+][C@H](c1ccc2c(c1)OCO2)[C@@H](O)c1ccc2c(c1)OCO2)OC. The van der Waals surface area contributed by atoms with E-state index in [1.165, 1.54) is 0 Å². The van der Waals surface area contributed by atoms with E-state index in [-0.39, 0.29) is 25.9 Å². The Morgan fingerprint density at radius 3 is 2.00 bits per heavy atom. The van der Waals surface area contributed by atoms with Crippen LogP contribution in [-0.2, 0) is 9.47 Å². The number of benzene rings is 2. The van der Waals surface area contributed by atoms with Crippen LogP contribution in [0, 0.1) is 0 Å². The van der Waals surface area contributed by atoms with Crippen LogP contribution in [-0.4, -0.2) is 45.7 Å². The normalized spacial score (nSPS) is 16.4. The molecule has 2 aliphatic heterocycles. The van der Waals surface area contributed by atoms with E-state index in [9.17, 15) is 5.11 Å². The van der Waals surface area contributed by atoms with Crippen molar-refractivity contribution in [3.63, 3.8) is 0 Å². The van der Waals surface area contributed by atoms with E-state index >= 15 is 0 Å². The van der Waals surface area contributed by atoms with E-state index in [1.807, 2.05) is 41.7 Å². The van der Waals surface area contributed by atoms with Crippen molar-refractivity contribution in [2.75, 3.05) is 34.4 Å². The summed E-state index contributed by atoms with van der Waals surface area (Å²) in [5.74, 6) is 2.68. The van der Waals surface area contributed by atoms with E-state index < -0.39 is 6.10 Å². The molecule has 8 nitrogen and oxygen atoms in total. The van der Waals surface area contributed by atoms with Crippen LogP contribution >= 0.6 is 0 Å². The molecule has 4 rings (SSSR count). The Bertz CT molecular complexity index is 824. The molecular formula is C20H24NO7+. The number of hydrogen-bond donors (Lipinski definition) is 2. The molecule has 2 aliphatic rings. The number of quaternary nitrogens is 1. The molecule has 0 radical (unpaired) electrons. The number of ether oxygens (including phenoxy) is 6. The maximum atomic E-state index is 11.2. The van der Waals surface area contributed by atoms with Crippen LogP contribution in [0.2, 0.25) is 0 Å². The summed E-state index contributed by atoms with van der Waals surface area (Å²) >= 11 is 0. The van der Waals surface area contributed by atoms with E-state index in [0.29, 0.717) is 29.5 Å². The number of aliphatic hydroxyl groups is 1. The Hall–Kier alpha value is -2.52. The molecule has 2 atom stereocenters. The van der Waals surface area contributed by atoms with Gasteiger partial charge in [-0.3, -0.25) is 0 Å². The van der Waals surface area contributed by atoms with Crippen molar-refractivity contribution in [2.45, 2.75) is 18.4 Å². The molecule has 2 heterocycles. The summed E-state index contributed by atoms with van der Waals surface area (Å²) in [5.41, 5.74) is 1.63. The summed E-state index contributed by atoms with van der Waals surface area (Å²) < 4.78 is 32.3. The molecular weight excluding hydrogens is 366 g/mol. The number of nitrogens with two attached hydrogens (primary N) is 1. The molecule has 0 aromatic heterocycles. The highest BCUT2D eigenvalue weighted by atomic mass is 16.7. The summed E-state index contributed by atoms with van der Waals surface area (Å²) in [6, 6.07) is 10.8. The van der Waals surface area contributed by atoms with Gasteiger partial charge in [-0.1, -0.05) is 6.07 Å². The van der Waals surface area contributed by atoms with Gasteiger partial charge in [0, 0.05) is 19.8 Å². The molecule has 2 aromatic carbocycles. The number of methoxy groups -OCH3 is 2. The van der Waals surface area contributed by atoms with Gasteiger partial charge in [-0.25, -0.2) is 0 Å². The van der Waals surface area contributed by atoms with E-state index in [0.717, 1.165) is 11.1 Å². The van der Waals surface area contributed by atoms with Gasteiger partial charge in [0.25, 0.3) is 0 Å². The lowest BCUT2D eigenvalue weighted by molar-refractivity contribution is -0.715. The fourth-order valence-electron chi connectivity index (χ4n) is 3.42. The average Bonchev–Trinajstić information content (AvgIpc) is 3.38. The minimum atomic E-state index is -0.802. The third-order valence-electron chi connectivity index (χ3n) is 4.97. The fraction of sp³-hybridized carbons (Fsp3) is 0.400. The van der Waals surface area contributed by atoms with Gasteiger partial charge >= 0.3 is 0 Å². The van der Waals surface area contributed by atoms with E-state index in [4.69, 9.17) is 28.4 Å². The zero-order valence-corrected chi connectivity index (χ0v) is 15.8. The molecule has 28 heavy (non-hydrogen) atoms. The molecule has 0 saturated carbocycles. The number of rotatable bonds is 8. The van der Waals surface area contributed by atoms with E-state index in [1.54, 1.807) is 14.2 Å². The highest BCUT2D eigenvalue weighted by Gasteiger charge is 2.30. The molecule has 0 bridgehead atoms. The third kappa shape index (κ3) is 3.72. The van der Waals surface area contributed by atoms with Crippen LogP contribution in [0.1, 0.15) is 23.3 Å². The lowest BCUT2D eigenvalue weighted by Gasteiger charge is -2.24. The summed E-state index contributed by atoms with van der Waals surface area (Å²) in [6.45, 7) is 0.900. The second-order valence-corrected chi connectivity index (χ2v) is 6.57. The molecule has 150 valence electrons. The van der Waals surface area contributed by atoms with Crippen molar-refractivity contribution in [3.05, 3.63) is 47.5 Å². The van der Waals surface area contributed by atoms with Crippen LogP contribution in [0.25, 0.3) is 0 Å². The van der Waals surface area contributed by atoms with Crippen molar-refractivity contribution in [1.82, 2.24) is 0 Å². The third-order valence-corrected chi connectivity index (χ3v) is 4.97. The molecule has 3 N–H and O–H groups in total. The average molecular weight is 390 g/mol. The van der Waals surface area contributed by atoms with Crippen LogP contribution in [0.15, 0.2) is 36.4 Å². The van der Waals surface area contributed by atoms with Crippen molar-refractivity contribution >= 4 is 0 Å². The van der Waals surface area contributed by atoms with Crippen LogP contribution < -0.4 is 24.3 Å². The first-order chi connectivity index (χ1) is 13.7. The van der Waals surface area contributed by atoms with Crippen molar-refractivity contribution in [2.24, 2.45) is 0 Å². The van der Waals surface area contributed by atoms with Crippen LogP contribution in [0.4, 0.5) is 0 Å². The Labute approximate surface area is 162 Å². The zero-order valence-electron chi connectivity index (χ0n) is 15.8. The van der Waals surface area contributed by atoms with Crippen molar-refractivity contribution in [1.29, 1.82) is 0 Å². The van der Waals surface area contributed by atoms with E-state index in [2.05, 4.69) is 0 Å². The molecule has 0 fully saturated rings. The highest BCUT2D eigenvalue weighted by molar-refractivity contribution is 5.47. The molecule has 2 aromatic rings. The monoisotopic (exact) mass is 390 g/mol. The van der Waals surface area contributed by atoms with Crippen molar-refractivity contribution in [3.8, 4) is 23.0 Å². The van der Waals surface area contributed by atoms with Crippen LogP contribution in [0.3, 0.4) is 0 Å². The van der Waals surface area contributed by atoms with Gasteiger partial charge in [0.2, 0.25) is 19.9 Å². The minimum Gasteiger partial charge on any atom is -0.454 e. The van der Waals surface area contributed by atoms with Gasteiger partial charge in [0.15, 0.2) is 23.0 Å². The largest absolute Gasteiger partial charge is 0.454 e. The minimum absolute atomic E-state index is 0.190. The molecule has 0 aliphatic carbocycles. The quantitative estimate of drug-likeness (QED) is 0.652. The molecule has 0 saturated heterocycles. The van der Waals surface area contributed by atoms with Gasteiger partial charge in [0.05, 0.1) is 0 Å². The standard InChI is InChI=1S/C20H23NO7/c1-23-18(24-2)9-21-19(12-3-5-14-16(7-12)27-10-25-14)20(22)13-4-6-15-17(8-13)28-11-26-15/h3-8,18-22H,9-11H2,1-2H3/p+1/t19-,20+/m1/s1. The maximum absolute atomic E-state index is 11.2. The number of hydrogen-bond acceptors (Lipinski definition) is 7.